The van der Waals surface area contributed by atoms with Crippen LogP contribution in [0.2, 0.25) is 0 Å². The number of hydrogen-bond acceptors (Lipinski definition) is 7. The van der Waals surface area contributed by atoms with E-state index in [-0.39, 0.29) is 6.01 Å². The monoisotopic (exact) mass is 366 g/mol. The smallest absolute Gasteiger partial charge is 0.319 e. The van der Waals surface area contributed by atoms with Gasteiger partial charge in [-0.05, 0) is 37.7 Å². The minimum atomic E-state index is 0.271. The van der Waals surface area contributed by atoms with Gasteiger partial charge in [-0.2, -0.15) is 10.1 Å². The first-order valence-electron chi connectivity index (χ1n) is 9.33. The zero-order valence-corrected chi connectivity index (χ0v) is 15.5. The topological polar surface area (TPSA) is 77.7 Å². The molecule has 2 saturated heterocycles. The molecule has 27 heavy (non-hydrogen) atoms. The van der Waals surface area contributed by atoms with Gasteiger partial charge in [-0.25, -0.2) is 14.5 Å². The molecule has 6 rings (SSSR count). The van der Waals surface area contributed by atoms with Gasteiger partial charge in [0.25, 0.3) is 0 Å². The number of anilines is 1. The van der Waals surface area contributed by atoms with Gasteiger partial charge in [-0.1, -0.05) is 0 Å². The van der Waals surface area contributed by atoms with Gasteiger partial charge in [-0.15, -0.1) is 0 Å². The van der Waals surface area contributed by atoms with Crippen LogP contribution in [0.15, 0.2) is 24.7 Å². The molecule has 0 spiro atoms. The minimum Gasteiger partial charge on any atom is -0.480 e. The Morgan fingerprint density at radius 1 is 1.07 bits per heavy atom. The quantitative estimate of drug-likeness (QED) is 0.702. The molecular weight excluding hydrogens is 344 g/mol. The molecule has 0 aromatic carbocycles. The van der Waals surface area contributed by atoms with Crippen LogP contribution >= 0.6 is 0 Å². The van der Waals surface area contributed by atoms with Gasteiger partial charge < -0.3 is 14.4 Å². The van der Waals surface area contributed by atoms with E-state index in [1.54, 1.807) is 19.5 Å². The van der Waals surface area contributed by atoms with Crippen molar-refractivity contribution in [3.05, 3.63) is 24.7 Å². The fraction of sp³-hybridized carbons (Fsp3) is 0.474. The molecule has 3 aromatic heterocycles. The molecular formula is C19H22N6O2. The lowest BCUT2D eigenvalue weighted by Crippen LogP contribution is -2.48. The van der Waals surface area contributed by atoms with E-state index in [0.29, 0.717) is 11.9 Å². The third kappa shape index (κ3) is 2.67. The van der Waals surface area contributed by atoms with Crippen molar-refractivity contribution in [2.24, 2.45) is 5.92 Å². The number of ether oxygens (including phenoxy) is 2. The summed E-state index contributed by atoms with van der Waals surface area (Å²) in [7, 11) is 3.12. The van der Waals surface area contributed by atoms with Crippen molar-refractivity contribution in [2.75, 3.05) is 25.7 Å². The maximum Gasteiger partial charge on any atom is 0.319 e. The Morgan fingerprint density at radius 3 is 2.63 bits per heavy atom. The summed E-state index contributed by atoms with van der Waals surface area (Å²) < 4.78 is 12.4. The molecule has 3 aliphatic rings. The van der Waals surface area contributed by atoms with Gasteiger partial charge >= 0.3 is 6.01 Å². The summed E-state index contributed by atoms with van der Waals surface area (Å²) in [6.45, 7) is 1.09. The highest BCUT2D eigenvalue weighted by Crippen LogP contribution is 2.40. The first-order chi connectivity index (χ1) is 13.3. The second kappa shape index (κ2) is 6.37. The van der Waals surface area contributed by atoms with Crippen molar-refractivity contribution in [3.63, 3.8) is 0 Å². The van der Waals surface area contributed by atoms with Crippen LogP contribution in [0.25, 0.3) is 16.9 Å². The third-order valence-corrected chi connectivity index (χ3v) is 5.74. The highest BCUT2D eigenvalue weighted by molar-refractivity contribution is 5.76. The largest absolute Gasteiger partial charge is 0.480 e. The Labute approximate surface area is 157 Å². The van der Waals surface area contributed by atoms with Crippen molar-refractivity contribution in [2.45, 2.75) is 31.7 Å². The first-order valence-corrected chi connectivity index (χ1v) is 9.33. The normalized spacial score (nSPS) is 21.6. The molecule has 0 N–H and O–H groups in total. The number of aromatic nitrogens is 5. The van der Waals surface area contributed by atoms with Gasteiger partial charge in [0, 0.05) is 31.2 Å². The van der Waals surface area contributed by atoms with Crippen molar-refractivity contribution < 1.29 is 9.47 Å². The lowest BCUT2D eigenvalue weighted by atomic mass is 9.80. The van der Waals surface area contributed by atoms with Gasteiger partial charge in [0.2, 0.25) is 5.88 Å². The van der Waals surface area contributed by atoms with E-state index in [4.69, 9.17) is 14.6 Å². The van der Waals surface area contributed by atoms with Crippen molar-refractivity contribution in [1.29, 1.82) is 0 Å². The van der Waals surface area contributed by atoms with Crippen molar-refractivity contribution in [1.82, 2.24) is 24.6 Å². The van der Waals surface area contributed by atoms with Crippen LogP contribution in [-0.2, 0) is 0 Å². The maximum absolute atomic E-state index is 5.46. The van der Waals surface area contributed by atoms with Gasteiger partial charge in [-0.3, -0.25) is 0 Å². The molecule has 0 amide bonds. The number of imidazole rings is 1. The van der Waals surface area contributed by atoms with Crippen LogP contribution in [0.5, 0.6) is 11.9 Å². The molecule has 3 fully saturated rings. The average Bonchev–Trinajstić information content (AvgIpc) is 3.22. The highest BCUT2D eigenvalue weighted by atomic mass is 16.5. The highest BCUT2D eigenvalue weighted by Gasteiger charge is 2.35. The number of hydrogen-bond donors (Lipinski definition) is 0. The minimum absolute atomic E-state index is 0.271. The number of methoxy groups -OCH3 is 2. The predicted molar refractivity (Wildman–Crippen MR) is 100 cm³/mol. The van der Waals surface area contributed by atoms with E-state index in [9.17, 15) is 0 Å². The molecule has 0 atom stereocenters. The van der Waals surface area contributed by atoms with Crippen LogP contribution in [0, 0.1) is 5.92 Å². The van der Waals surface area contributed by atoms with Crippen molar-refractivity contribution >= 4 is 11.3 Å². The number of nitrogens with zero attached hydrogens (tertiary/aromatic N) is 6. The molecule has 1 saturated carbocycles. The SMILES string of the molecule is COc1ncc(-c2cc(N3CC4CCC3CC4)c3nccn3n2)c(OC)n1. The summed E-state index contributed by atoms with van der Waals surface area (Å²) in [6, 6.07) is 2.95. The molecule has 8 heteroatoms. The van der Waals surface area contributed by atoms with Gasteiger partial charge in [0.1, 0.15) is 5.69 Å². The van der Waals surface area contributed by atoms with E-state index >= 15 is 0 Å². The van der Waals surface area contributed by atoms with Crippen LogP contribution in [0.3, 0.4) is 0 Å². The third-order valence-electron chi connectivity index (χ3n) is 5.74. The molecule has 3 aromatic rings. The second-order valence-electron chi connectivity index (χ2n) is 7.22. The van der Waals surface area contributed by atoms with E-state index in [1.165, 1.54) is 32.8 Å². The van der Waals surface area contributed by atoms with Crippen LogP contribution in [0.4, 0.5) is 5.69 Å². The number of fused-ring (bicyclic) bond motifs is 4. The van der Waals surface area contributed by atoms with Crippen molar-refractivity contribution in [3.8, 4) is 23.1 Å². The molecule has 8 nitrogen and oxygen atoms in total. The zero-order chi connectivity index (χ0) is 18.4. The first kappa shape index (κ1) is 16.3. The van der Waals surface area contributed by atoms with Crippen LogP contribution < -0.4 is 14.4 Å². The molecule has 2 bridgehead atoms. The van der Waals surface area contributed by atoms with Gasteiger partial charge in [0.05, 0.1) is 25.5 Å². The van der Waals surface area contributed by atoms with Crippen LogP contribution in [-0.4, -0.2) is 51.4 Å². The summed E-state index contributed by atoms with van der Waals surface area (Å²) in [5, 5.41) is 4.71. The summed E-state index contributed by atoms with van der Waals surface area (Å²) in [5.74, 6) is 1.22. The second-order valence-corrected chi connectivity index (χ2v) is 7.22. The average molecular weight is 366 g/mol. The Balaban J connectivity index is 1.65. The summed E-state index contributed by atoms with van der Waals surface area (Å²) in [6.07, 6.45) is 10.5. The number of rotatable bonds is 4. The molecule has 2 aliphatic heterocycles. The van der Waals surface area contributed by atoms with Crippen LogP contribution in [0.1, 0.15) is 25.7 Å². The Kier molecular flexibility index (Phi) is 3.84. The lowest BCUT2D eigenvalue weighted by Gasteiger charge is -2.46. The van der Waals surface area contributed by atoms with E-state index in [1.807, 2.05) is 10.7 Å². The number of piperidine rings is 2. The maximum atomic E-state index is 5.46. The van der Waals surface area contributed by atoms with Gasteiger partial charge in [0.15, 0.2) is 5.65 Å². The fourth-order valence-corrected chi connectivity index (χ4v) is 4.38. The standard InChI is InChI=1S/C19H22N6O2/c1-26-18-14(10-21-19(22-18)27-2)15-9-16(17-20-7-8-25(17)23-15)24-11-12-3-5-13(24)6-4-12/h7-10,12-13H,3-6,11H2,1-2H3. The lowest BCUT2D eigenvalue weighted by molar-refractivity contribution is 0.252. The summed E-state index contributed by atoms with van der Waals surface area (Å²) in [5.41, 5.74) is 3.51. The van der Waals surface area contributed by atoms with E-state index < -0.39 is 0 Å². The fourth-order valence-electron chi connectivity index (χ4n) is 4.38. The Hall–Kier alpha value is -2.90. The Morgan fingerprint density at radius 2 is 1.93 bits per heavy atom. The van der Waals surface area contributed by atoms with E-state index in [2.05, 4.69) is 25.9 Å². The predicted octanol–water partition coefficient (Wildman–Crippen LogP) is 2.58. The van der Waals surface area contributed by atoms with E-state index in [0.717, 1.165) is 35.1 Å². The summed E-state index contributed by atoms with van der Waals surface area (Å²) in [4.78, 5) is 15.6. The molecule has 0 unspecified atom stereocenters. The molecule has 5 heterocycles. The molecule has 1 aliphatic carbocycles. The molecule has 0 radical (unpaired) electrons. The Bertz CT molecular complexity index is 979. The summed E-state index contributed by atoms with van der Waals surface area (Å²) >= 11 is 0. The molecule has 140 valence electrons. The zero-order valence-electron chi connectivity index (χ0n) is 15.5.